The number of aromatic nitrogens is 1. The lowest BCUT2D eigenvalue weighted by molar-refractivity contribution is 0.319. The maximum absolute atomic E-state index is 13.7. The van der Waals surface area contributed by atoms with Crippen LogP contribution in [0.3, 0.4) is 0 Å². The average molecular weight is 463 g/mol. The first-order valence-electron chi connectivity index (χ1n) is 9.96. The molecule has 0 N–H and O–H groups in total. The highest BCUT2D eigenvalue weighted by molar-refractivity contribution is 7.93. The molecule has 0 radical (unpaired) electrons. The van der Waals surface area contributed by atoms with Crippen molar-refractivity contribution in [2.75, 3.05) is 10.9 Å². The molecule has 32 heavy (non-hydrogen) atoms. The Balaban J connectivity index is 1.90. The van der Waals surface area contributed by atoms with Gasteiger partial charge in [-0.25, -0.2) is 17.7 Å². The zero-order valence-corrected chi connectivity index (χ0v) is 19.1. The van der Waals surface area contributed by atoms with Crippen LogP contribution in [0.15, 0.2) is 103 Å². The van der Waals surface area contributed by atoms with E-state index in [1.165, 1.54) is 21.8 Å². The van der Waals surface area contributed by atoms with Gasteiger partial charge < -0.3 is 4.74 Å². The van der Waals surface area contributed by atoms with Crippen LogP contribution in [0.1, 0.15) is 11.1 Å². The Morgan fingerprint density at radius 1 is 1.03 bits per heavy atom. The highest BCUT2D eigenvalue weighted by Crippen LogP contribution is 2.34. The third-order valence-corrected chi connectivity index (χ3v) is 7.51. The molecule has 0 aliphatic heterocycles. The monoisotopic (exact) mass is 462 g/mol. The Morgan fingerprint density at radius 3 is 2.41 bits per heavy atom. The van der Waals surface area contributed by atoms with E-state index >= 15 is 0 Å². The molecule has 4 aromatic rings. The van der Waals surface area contributed by atoms with Crippen LogP contribution in [0, 0.1) is 6.92 Å². The first kappa shape index (κ1) is 21.8. The van der Waals surface area contributed by atoms with E-state index in [4.69, 9.17) is 4.74 Å². The lowest BCUT2D eigenvalue weighted by Gasteiger charge is -2.20. The molecule has 0 atom stereocenters. The van der Waals surface area contributed by atoms with Gasteiger partial charge in [0.1, 0.15) is 12.4 Å². The number of aryl methyl sites for hydroxylation is 1. The Bertz CT molecular complexity index is 1330. The van der Waals surface area contributed by atoms with Gasteiger partial charge in [0.15, 0.2) is 0 Å². The van der Waals surface area contributed by atoms with Crippen LogP contribution in [0.5, 0.6) is 0 Å². The number of sulfonamides is 1. The third-order valence-electron chi connectivity index (χ3n) is 4.70. The van der Waals surface area contributed by atoms with Crippen LogP contribution in [-0.2, 0) is 14.8 Å². The van der Waals surface area contributed by atoms with Crippen molar-refractivity contribution >= 4 is 42.5 Å². The normalized spacial score (nSPS) is 12.0. The summed E-state index contributed by atoms with van der Waals surface area (Å²) in [4.78, 5) is 4.77. The number of para-hydroxylation sites is 1. The Labute approximate surface area is 192 Å². The topological polar surface area (TPSA) is 59.5 Å². The SMILES string of the molecule is C=CCO/C(=C\N(c1nc2ccccc2s1)S(=O)(=O)c1ccc(C)cc1)c1ccccc1. The average Bonchev–Trinajstić information content (AvgIpc) is 3.23. The molecular formula is C25H22N2O3S2. The van der Waals surface area contributed by atoms with Crippen LogP contribution < -0.4 is 4.31 Å². The summed E-state index contributed by atoms with van der Waals surface area (Å²) < 4.78 is 35.4. The number of thiazole rings is 1. The molecule has 0 amide bonds. The van der Waals surface area contributed by atoms with Crippen LogP contribution in [-0.4, -0.2) is 20.0 Å². The van der Waals surface area contributed by atoms with E-state index in [0.717, 1.165) is 21.3 Å². The largest absolute Gasteiger partial charge is 0.487 e. The third kappa shape index (κ3) is 4.59. The molecule has 3 aromatic carbocycles. The molecule has 0 aliphatic carbocycles. The Kier molecular flexibility index (Phi) is 6.39. The minimum Gasteiger partial charge on any atom is -0.487 e. The van der Waals surface area contributed by atoms with Crippen molar-refractivity contribution in [3.05, 3.63) is 109 Å². The van der Waals surface area contributed by atoms with E-state index < -0.39 is 10.0 Å². The second-order valence-corrected chi connectivity index (χ2v) is 9.86. The van der Waals surface area contributed by atoms with Crippen molar-refractivity contribution in [1.29, 1.82) is 0 Å². The molecule has 0 fully saturated rings. The van der Waals surface area contributed by atoms with Crippen molar-refractivity contribution in [3.8, 4) is 0 Å². The zero-order valence-electron chi connectivity index (χ0n) is 17.5. The van der Waals surface area contributed by atoms with Crippen molar-refractivity contribution in [2.24, 2.45) is 0 Å². The fourth-order valence-corrected chi connectivity index (χ4v) is 5.50. The molecule has 7 heteroatoms. The van der Waals surface area contributed by atoms with E-state index in [2.05, 4.69) is 11.6 Å². The molecule has 0 saturated heterocycles. The second kappa shape index (κ2) is 9.38. The molecule has 0 saturated carbocycles. The molecule has 0 bridgehead atoms. The van der Waals surface area contributed by atoms with Gasteiger partial charge in [0.25, 0.3) is 10.0 Å². The number of benzene rings is 3. The van der Waals surface area contributed by atoms with Gasteiger partial charge >= 0.3 is 0 Å². The van der Waals surface area contributed by atoms with Crippen LogP contribution >= 0.6 is 11.3 Å². The minimum atomic E-state index is -3.95. The van der Waals surface area contributed by atoms with Gasteiger partial charge in [-0.3, -0.25) is 0 Å². The Hall–Kier alpha value is -3.42. The highest BCUT2D eigenvalue weighted by atomic mass is 32.2. The number of ether oxygens (including phenoxy) is 1. The summed E-state index contributed by atoms with van der Waals surface area (Å²) in [5, 5.41) is 0.336. The molecule has 1 aromatic heterocycles. The van der Waals surface area contributed by atoms with Gasteiger partial charge in [-0.1, -0.05) is 84.2 Å². The second-order valence-electron chi connectivity index (χ2n) is 7.04. The van der Waals surface area contributed by atoms with E-state index in [9.17, 15) is 8.42 Å². The molecule has 0 unspecified atom stereocenters. The fourth-order valence-electron chi connectivity index (χ4n) is 3.06. The smallest absolute Gasteiger partial charge is 0.270 e. The minimum absolute atomic E-state index is 0.176. The fraction of sp³-hybridized carbons (Fsp3) is 0.0800. The summed E-state index contributed by atoms with van der Waals surface area (Å²) in [6.45, 7) is 5.85. The number of rotatable bonds is 8. The van der Waals surface area contributed by atoms with Gasteiger partial charge in [0.2, 0.25) is 5.13 Å². The van der Waals surface area contributed by atoms with Gasteiger partial charge in [0, 0.05) is 5.56 Å². The van der Waals surface area contributed by atoms with Crippen molar-refractivity contribution in [1.82, 2.24) is 4.98 Å². The molecule has 0 aliphatic rings. The zero-order chi connectivity index (χ0) is 22.6. The maximum Gasteiger partial charge on any atom is 0.270 e. The van der Waals surface area contributed by atoms with Crippen LogP contribution in [0.2, 0.25) is 0 Å². The first-order valence-corrected chi connectivity index (χ1v) is 12.2. The molecule has 162 valence electrons. The van der Waals surface area contributed by atoms with Crippen LogP contribution in [0.25, 0.3) is 16.0 Å². The van der Waals surface area contributed by atoms with Crippen molar-refractivity contribution in [3.63, 3.8) is 0 Å². The number of nitrogens with zero attached hydrogens (tertiary/aromatic N) is 2. The van der Waals surface area contributed by atoms with Gasteiger partial charge in [0.05, 0.1) is 21.3 Å². The summed E-state index contributed by atoms with van der Waals surface area (Å²) in [6.07, 6.45) is 3.11. The molecule has 5 nitrogen and oxygen atoms in total. The van der Waals surface area contributed by atoms with Gasteiger partial charge in [-0.2, -0.15) is 0 Å². The summed E-state index contributed by atoms with van der Waals surface area (Å²) in [6, 6.07) is 23.7. The summed E-state index contributed by atoms with van der Waals surface area (Å²) >= 11 is 1.31. The Morgan fingerprint density at radius 2 is 1.72 bits per heavy atom. The predicted octanol–water partition coefficient (Wildman–Crippen LogP) is 6.00. The summed E-state index contributed by atoms with van der Waals surface area (Å²) in [5.74, 6) is 0.403. The number of hydrogen-bond donors (Lipinski definition) is 0. The van der Waals surface area contributed by atoms with Gasteiger partial charge in [-0.15, -0.1) is 0 Å². The van der Waals surface area contributed by atoms with Crippen LogP contribution in [0.4, 0.5) is 5.13 Å². The molecule has 1 heterocycles. The molecule has 4 rings (SSSR count). The predicted molar refractivity (Wildman–Crippen MR) is 131 cm³/mol. The quantitative estimate of drug-likeness (QED) is 0.238. The van der Waals surface area contributed by atoms with E-state index in [-0.39, 0.29) is 11.5 Å². The number of fused-ring (bicyclic) bond motifs is 1. The number of hydrogen-bond acceptors (Lipinski definition) is 5. The highest BCUT2D eigenvalue weighted by Gasteiger charge is 2.27. The van der Waals surface area contributed by atoms with E-state index in [1.807, 2.05) is 61.5 Å². The lowest BCUT2D eigenvalue weighted by atomic mass is 10.2. The van der Waals surface area contributed by atoms with E-state index in [0.29, 0.717) is 10.9 Å². The maximum atomic E-state index is 13.7. The number of anilines is 1. The summed E-state index contributed by atoms with van der Waals surface area (Å²) in [7, 11) is -3.95. The lowest BCUT2D eigenvalue weighted by Crippen LogP contribution is -2.26. The first-order chi connectivity index (χ1) is 15.5. The standard InChI is InChI=1S/C25H22N2O3S2/c1-3-17-30-23(20-9-5-4-6-10-20)18-27(25-26-22-11-7-8-12-24(22)31-25)32(28,29)21-15-13-19(2)14-16-21/h3-16,18H,1,17H2,2H3/b23-18-. The van der Waals surface area contributed by atoms with Crippen molar-refractivity contribution in [2.45, 2.75) is 11.8 Å². The van der Waals surface area contributed by atoms with Crippen molar-refractivity contribution < 1.29 is 13.2 Å². The molecule has 0 spiro atoms. The van der Waals surface area contributed by atoms with Gasteiger partial charge in [-0.05, 0) is 31.2 Å². The molecular weight excluding hydrogens is 440 g/mol. The van der Waals surface area contributed by atoms with E-state index in [1.54, 1.807) is 30.3 Å². The summed E-state index contributed by atoms with van der Waals surface area (Å²) in [5.41, 5.74) is 2.46.